The molecule has 0 radical (unpaired) electrons. The molecule has 2 rings (SSSR count). The Balaban J connectivity index is 2.55. The number of nitrogens with one attached hydrogen (secondary N) is 1. The second-order valence-corrected chi connectivity index (χ2v) is 5.40. The molecule has 1 aromatic carbocycles. The first-order valence-electron chi connectivity index (χ1n) is 5.25. The number of aromatic nitrogens is 1. The van der Waals surface area contributed by atoms with Gasteiger partial charge in [0, 0.05) is 22.4 Å². The van der Waals surface area contributed by atoms with Gasteiger partial charge in [-0.3, -0.25) is 10.8 Å². The average Bonchev–Trinajstić information content (AvgIpc) is 2.41. The minimum atomic E-state index is -0.610. The SMILES string of the molecule is NNC(c1ccncc1Cl)c1ccc(Br)c(Cl)c1F. The van der Waals surface area contributed by atoms with Gasteiger partial charge in [-0.15, -0.1) is 0 Å². The summed E-state index contributed by atoms with van der Waals surface area (Å²) in [4.78, 5) is 3.88. The summed E-state index contributed by atoms with van der Waals surface area (Å²) in [6.45, 7) is 0. The van der Waals surface area contributed by atoms with Gasteiger partial charge in [0.2, 0.25) is 0 Å². The summed E-state index contributed by atoms with van der Waals surface area (Å²) in [6, 6.07) is 4.30. The molecule has 100 valence electrons. The maximum atomic E-state index is 14.2. The van der Waals surface area contributed by atoms with Crippen molar-refractivity contribution in [3.8, 4) is 0 Å². The second-order valence-electron chi connectivity index (χ2n) is 3.76. The molecule has 7 heteroatoms. The first-order valence-corrected chi connectivity index (χ1v) is 6.80. The van der Waals surface area contributed by atoms with Crippen molar-refractivity contribution in [1.29, 1.82) is 0 Å². The van der Waals surface area contributed by atoms with E-state index in [-0.39, 0.29) is 5.02 Å². The van der Waals surface area contributed by atoms with E-state index in [0.717, 1.165) is 0 Å². The zero-order chi connectivity index (χ0) is 14.0. The minimum Gasteiger partial charge on any atom is -0.271 e. The normalized spacial score (nSPS) is 12.5. The molecule has 1 atom stereocenters. The lowest BCUT2D eigenvalue weighted by Crippen LogP contribution is -2.29. The van der Waals surface area contributed by atoms with E-state index in [1.807, 2.05) is 0 Å². The molecule has 0 spiro atoms. The first-order chi connectivity index (χ1) is 9.06. The molecule has 0 aliphatic carbocycles. The summed E-state index contributed by atoms with van der Waals surface area (Å²) in [5.41, 5.74) is 3.47. The van der Waals surface area contributed by atoms with Crippen LogP contribution >= 0.6 is 39.1 Å². The smallest absolute Gasteiger partial charge is 0.148 e. The van der Waals surface area contributed by atoms with Crippen LogP contribution in [-0.2, 0) is 0 Å². The fourth-order valence-electron chi connectivity index (χ4n) is 1.73. The molecule has 19 heavy (non-hydrogen) atoms. The standard InChI is InChI=1S/C12H9BrCl2FN3/c13-8-2-1-7(11(16)10(8)15)12(19-17)6-3-4-18-5-9(6)14/h1-5,12,19H,17H2. The van der Waals surface area contributed by atoms with Gasteiger partial charge in [0.25, 0.3) is 0 Å². The predicted octanol–water partition coefficient (Wildman–Crippen LogP) is 3.84. The van der Waals surface area contributed by atoms with Gasteiger partial charge in [-0.2, -0.15) is 0 Å². The highest BCUT2D eigenvalue weighted by atomic mass is 79.9. The van der Waals surface area contributed by atoms with E-state index in [0.29, 0.717) is 20.6 Å². The number of halogens is 4. The van der Waals surface area contributed by atoms with E-state index in [2.05, 4.69) is 26.3 Å². The van der Waals surface area contributed by atoms with Gasteiger partial charge < -0.3 is 0 Å². The van der Waals surface area contributed by atoms with Gasteiger partial charge >= 0.3 is 0 Å². The number of hydrogen-bond donors (Lipinski definition) is 2. The van der Waals surface area contributed by atoms with Crippen LogP contribution in [0.25, 0.3) is 0 Å². The number of nitrogens with zero attached hydrogens (tertiary/aromatic N) is 1. The molecule has 3 nitrogen and oxygen atoms in total. The maximum absolute atomic E-state index is 14.2. The summed E-state index contributed by atoms with van der Waals surface area (Å²) in [5.74, 6) is 4.96. The molecule has 0 fully saturated rings. The lowest BCUT2D eigenvalue weighted by Gasteiger charge is -2.19. The van der Waals surface area contributed by atoms with Crippen LogP contribution in [0.4, 0.5) is 4.39 Å². The molecular weight excluding hydrogens is 356 g/mol. The van der Waals surface area contributed by atoms with E-state index < -0.39 is 11.9 Å². The minimum absolute atomic E-state index is 0.00271. The molecule has 0 amide bonds. The summed E-state index contributed by atoms with van der Waals surface area (Å²) in [7, 11) is 0. The Morgan fingerprint density at radius 2 is 2.00 bits per heavy atom. The molecule has 1 unspecified atom stereocenters. The molecular formula is C12H9BrCl2FN3. The maximum Gasteiger partial charge on any atom is 0.148 e. The molecule has 1 aromatic heterocycles. The molecule has 2 aromatic rings. The van der Waals surface area contributed by atoms with E-state index in [1.165, 1.54) is 6.20 Å². The zero-order valence-electron chi connectivity index (χ0n) is 9.50. The Kier molecular flexibility index (Phi) is 4.76. The van der Waals surface area contributed by atoms with Crippen LogP contribution in [-0.4, -0.2) is 4.98 Å². The number of pyridine rings is 1. The van der Waals surface area contributed by atoms with Crippen LogP contribution in [0.1, 0.15) is 17.2 Å². The van der Waals surface area contributed by atoms with Crippen molar-refractivity contribution in [3.05, 3.63) is 62.1 Å². The van der Waals surface area contributed by atoms with Gasteiger partial charge in [-0.1, -0.05) is 29.3 Å². The fourth-order valence-corrected chi connectivity index (χ4v) is 2.44. The van der Waals surface area contributed by atoms with Crippen LogP contribution < -0.4 is 11.3 Å². The van der Waals surface area contributed by atoms with Crippen molar-refractivity contribution >= 4 is 39.1 Å². The van der Waals surface area contributed by atoms with Crippen molar-refractivity contribution < 1.29 is 4.39 Å². The van der Waals surface area contributed by atoms with Gasteiger partial charge in [0.05, 0.1) is 16.1 Å². The van der Waals surface area contributed by atoms with Gasteiger partial charge in [0.1, 0.15) is 5.82 Å². The highest BCUT2D eigenvalue weighted by molar-refractivity contribution is 9.10. The van der Waals surface area contributed by atoms with Gasteiger partial charge in [0.15, 0.2) is 0 Å². The molecule has 1 heterocycles. The summed E-state index contributed by atoms with van der Waals surface area (Å²) in [5, 5.41) is 0.395. The molecule has 3 N–H and O–H groups in total. The third-order valence-electron chi connectivity index (χ3n) is 2.66. The zero-order valence-corrected chi connectivity index (χ0v) is 12.6. The highest BCUT2D eigenvalue weighted by Gasteiger charge is 2.21. The predicted molar refractivity (Wildman–Crippen MR) is 77.5 cm³/mol. The van der Waals surface area contributed by atoms with Gasteiger partial charge in [-0.25, -0.2) is 9.82 Å². The Hall–Kier alpha value is -0.720. The third-order valence-corrected chi connectivity index (χ3v) is 4.23. The Labute approximate surface area is 128 Å². The second kappa shape index (κ2) is 6.15. The van der Waals surface area contributed by atoms with Crippen LogP contribution in [0, 0.1) is 5.82 Å². The summed E-state index contributed by atoms with van der Waals surface area (Å²) in [6.07, 6.45) is 3.03. The molecule has 0 saturated heterocycles. The quantitative estimate of drug-likeness (QED) is 0.494. The van der Waals surface area contributed by atoms with Crippen molar-refractivity contribution in [2.45, 2.75) is 6.04 Å². The van der Waals surface area contributed by atoms with Crippen molar-refractivity contribution in [1.82, 2.24) is 10.4 Å². The van der Waals surface area contributed by atoms with Crippen LogP contribution in [0.5, 0.6) is 0 Å². The molecule has 0 saturated carbocycles. The van der Waals surface area contributed by atoms with Gasteiger partial charge in [-0.05, 0) is 33.6 Å². The van der Waals surface area contributed by atoms with Crippen molar-refractivity contribution in [3.63, 3.8) is 0 Å². The lowest BCUT2D eigenvalue weighted by molar-refractivity contribution is 0.559. The lowest BCUT2D eigenvalue weighted by atomic mass is 10.00. The van der Waals surface area contributed by atoms with Crippen molar-refractivity contribution in [2.24, 2.45) is 5.84 Å². The van der Waals surface area contributed by atoms with Crippen LogP contribution in [0.15, 0.2) is 35.1 Å². The Morgan fingerprint density at radius 3 is 2.63 bits per heavy atom. The molecule has 0 aliphatic heterocycles. The monoisotopic (exact) mass is 363 g/mol. The number of hydrazine groups is 1. The summed E-state index contributed by atoms with van der Waals surface area (Å²) >= 11 is 15.1. The Bertz CT molecular complexity index is 610. The average molecular weight is 365 g/mol. The Morgan fingerprint density at radius 1 is 1.26 bits per heavy atom. The van der Waals surface area contributed by atoms with Crippen molar-refractivity contribution in [2.75, 3.05) is 0 Å². The summed E-state index contributed by atoms with van der Waals surface area (Å²) < 4.78 is 14.7. The van der Waals surface area contributed by atoms with E-state index in [1.54, 1.807) is 24.4 Å². The number of hydrogen-bond acceptors (Lipinski definition) is 3. The van der Waals surface area contributed by atoms with Crippen LogP contribution in [0.3, 0.4) is 0 Å². The van der Waals surface area contributed by atoms with Crippen LogP contribution in [0.2, 0.25) is 10.0 Å². The largest absolute Gasteiger partial charge is 0.271 e. The number of benzene rings is 1. The molecule has 0 aliphatic rings. The highest BCUT2D eigenvalue weighted by Crippen LogP contribution is 2.34. The third kappa shape index (κ3) is 2.90. The number of rotatable bonds is 3. The first kappa shape index (κ1) is 14.7. The van der Waals surface area contributed by atoms with E-state index in [9.17, 15) is 4.39 Å². The molecule has 0 bridgehead atoms. The van der Waals surface area contributed by atoms with E-state index >= 15 is 0 Å². The topological polar surface area (TPSA) is 50.9 Å². The van der Waals surface area contributed by atoms with E-state index in [4.69, 9.17) is 29.0 Å². The fraction of sp³-hybridized carbons (Fsp3) is 0.0833. The number of nitrogens with two attached hydrogens (primary N) is 1.